The number of hydrogen-bond donors (Lipinski definition) is 0. The Bertz CT molecular complexity index is 1220. The Kier molecular flexibility index (Phi) is 6.31. The second-order valence-electron chi connectivity index (χ2n) is 7.28. The van der Waals surface area contributed by atoms with Gasteiger partial charge in [-0.2, -0.15) is 0 Å². The standard InChI is InChI=1S/C26H22N2O5/c1-31-17-12-16(13-18(14-17)32-2)24(29)15-23(26(30)33-3)27-28-25-21-10-6-4-8-19(21)20-9-5-7-11-22(20)25/h4-14H,15H2,1-3H3. The summed E-state index contributed by atoms with van der Waals surface area (Å²) >= 11 is 0. The maximum atomic E-state index is 13.0. The highest BCUT2D eigenvalue weighted by Crippen LogP contribution is 2.36. The molecule has 0 aromatic heterocycles. The Morgan fingerprint density at radius 1 is 0.758 bits per heavy atom. The van der Waals surface area contributed by atoms with Gasteiger partial charge in [-0.25, -0.2) is 4.79 Å². The predicted octanol–water partition coefficient (Wildman–Crippen LogP) is 4.32. The minimum Gasteiger partial charge on any atom is -0.497 e. The minimum atomic E-state index is -0.720. The van der Waals surface area contributed by atoms with E-state index in [4.69, 9.17) is 14.2 Å². The van der Waals surface area contributed by atoms with Crippen LogP contribution in [0, 0.1) is 0 Å². The third-order valence-corrected chi connectivity index (χ3v) is 5.35. The highest BCUT2D eigenvalue weighted by molar-refractivity contribution is 6.40. The van der Waals surface area contributed by atoms with Gasteiger partial charge in [-0.3, -0.25) is 4.79 Å². The Labute approximate surface area is 191 Å². The van der Waals surface area contributed by atoms with Gasteiger partial charge in [-0.1, -0.05) is 48.5 Å². The molecule has 3 aromatic rings. The molecular weight excluding hydrogens is 420 g/mol. The van der Waals surface area contributed by atoms with Crippen molar-refractivity contribution in [1.82, 2.24) is 0 Å². The number of carbonyl (C=O) groups excluding carboxylic acids is 2. The number of carbonyl (C=O) groups is 2. The fraction of sp³-hybridized carbons (Fsp3) is 0.154. The highest BCUT2D eigenvalue weighted by atomic mass is 16.5. The summed E-state index contributed by atoms with van der Waals surface area (Å²) in [7, 11) is 4.24. The van der Waals surface area contributed by atoms with Gasteiger partial charge >= 0.3 is 5.97 Å². The number of benzene rings is 3. The van der Waals surface area contributed by atoms with E-state index < -0.39 is 5.97 Å². The van der Waals surface area contributed by atoms with Crippen LogP contribution in [-0.4, -0.2) is 44.5 Å². The predicted molar refractivity (Wildman–Crippen MR) is 125 cm³/mol. The van der Waals surface area contributed by atoms with Crippen LogP contribution >= 0.6 is 0 Å². The van der Waals surface area contributed by atoms with Crippen LogP contribution in [-0.2, 0) is 9.53 Å². The lowest BCUT2D eigenvalue weighted by molar-refractivity contribution is -0.132. The summed E-state index contributed by atoms with van der Waals surface area (Å²) in [5.41, 5.74) is 4.78. The second kappa shape index (κ2) is 9.48. The molecule has 0 fully saturated rings. The van der Waals surface area contributed by atoms with E-state index in [2.05, 4.69) is 10.2 Å². The lowest BCUT2D eigenvalue weighted by Crippen LogP contribution is -2.20. The van der Waals surface area contributed by atoms with E-state index in [0.29, 0.717) is 22.8 Å². The van der Waals surface area contributed by atoms with Gasteiger partial charge in [0.2, 0.25) is 0 Å². The van der Waals surface area contributed by atoms with Crippen LogP contribution in [0.1, 0.15) is 27.9 Å². The van der Waals surface area contributed by atoms with Crippen LogP contribution in [0.25, 0.3) is 11.1 Å². The molecule has 0 atom stereocenters. The summed E-state index contributed by atoms with van der Waals surface area (Å²) in [5.74, 6) is -0.131. The molecule has 0 aliphatic heterocycles. The summed E-state index contributed by atoms with van der Waals surface area (Å²) in [6.07, 6.45) is -0.289. The molecule has 1 aliphatic carbocycles. The van der Waals surface area contributed by atoms with Gasteiger partial charge in [-0.05, 0) is 23.3 Å². The van der Waals surface area contributed by atoms with Crippen LogP contribution in [0.5, 0.6) is 11.5 Å². The maximum Gasteiger partial charge on any atom is 0.354 e. The number of methoxy groups -OCH3 is 3. The molecule has 0 spiro atoms. The lowest BCUT2D eigenvalue weighted by atomic mass is 10.0. The third kappa shape index (κ3) is 4.39. The Morgan fingerprint density at radius 3 is 1.76 bits per heavy atom. The number of ketones is 1. The van der Waals surface area contributed by atoms with Crippen molar-refractivity contribution in [2.45, 2.75) is 6.42 Å². The number of esters is 1. The Morgan fingerprint density at radius 2 is 1.27 bits per heavy atom. The topological polar surface area (TPSA) is 86.6 Å². The first-order valence-corrected chi connectivity index (χ1v) is 10.2. The average Bonchev–Trinajstić information content (AvgIpc) is 3.19. The van der Waals surface area contributed by atoms with Crippen LogP contribution < -0.4 is 9.47 Å². The van der Waals surface area contributed by atoms with E-state index in [9.17, 15) is 9.59 Å². The molecule has 0 saturated carbocycles. The van der Waals surface area contributed by atoms with E-state index >= 15 is 0 Å². The smallest absolute Gasteiger partial charge is 0.354 e. The summed E-state index contributed by atoms with van der Waals surface area (Å²) in [5, 5.41) is 8.56. The maximum absolute atomic E-state index is 13.0. The number of ether oxygens (including phenoxy) is 3. The van der Waals surface area contributed by atoms with Crippen LogP contribution in [0.4, 0.5) is 0 Å². The highest BCUT2D eigenvalue weighted by Gasteiger charge is 2.25. The molecule has 4 rings (SSSR count). The molecule has 33 heavy (non-hydrogen) atoms. The molecule has 1 aliphatic rings. The Hall–Kier alpha value is -4.26. The van der Waals surface area contributed by atoms with Gasteiger partial charge in [0.05, 0.1) is 27.8 Å². The van der Waals surface area contributed by atoms with Crippen molar-refractivity contribution in [3.05, 3.63) is 83.4 Å². The van der Waals surface area contributed by atoms with Crippen molar-refractivity contribution in [2.24, 2.45) is 10.2 Å². The molecule has 7 nitrogen and oxygen atoms in total. The number of rotatable bonds is 7. The Balaban J connectivity index is 1.71. The van der Waals surface area contributed by atoms with Gasteiger partial charge in [0.1, 0.15) is 17.2 Å². The van der Waals surface area contributed by atoms with Crippen molar-refractivity contribution in [3.8, 4) is 22.6 Å². The molecule has 0 unspecified atom stereocenters. The van der Waals surface area contributed by atoms with E-state index in [-0.39, 0.29) is 17.9 Å². The van der Waals surface area contributed by atoms with Crippen LogP contribution in [0.2, 0.25) is 0 Å². The molecule has 0 radical (unpaired) electrons. The van der Waals surface area contributed by atoms with Crippen molar-refractivity contribution >= 4 is 23.2 Å². The zero-order valence-electron chi connectivity index (χ0n) is 18.5. The van der Waals surface area contributed by atoms with E-state index in [0.717, 1.165) is 22.3 Å². The summed E-state index contributed by atoms with van der Waals surface area (Å²) in [6, 6.07) is 20.5. The summed E-state index contributed by atoms with van der Waals surface area (Å²) in [4.78, 5) is 25.4. The molecular formula is C26H22N2O5. The van der Waals surface area contributed by atoms with Gasteiger partial charge < -0.3 is 14.2 Å². The van der Waals surface area contributed by atoms with Crippen molar-refractivity contribution in [2.75, 3.05) is 21.3 Å². The first kappa shape index (κ1) is 22.0. The van der Waals surface area contributed by atoms with Crippen LogP contribution in [0.3, 0.4) is 0 Å². The second-order valence-corrected chi connectivity index (χ2v) is 7.28. The number of fused-ring (bicyclic) bond motifs is 3. The fourth-order valence-electron chi connectivity index (χ4n) is 3.70. The van der Waals surface area contributed by atoms with Gasteiger partial charge in [0.25, 0.3) is 0 Å². The van der Waals surface area contributed by atoms with Crippen molar-refractivity contribution in [1.29, 1.82) is 0 Å². The minimum absolute atomic E-state index is 0.0985. The fourth-order valence-corrected chi connectivity index (χ4v) is 3.70. The molecule has 166 valence electrons. The molecule has 3 aromatic carbocycles. The van der Waals surface area contributed by atoms with Gasteiger partial charge in [-0.15, -0.1) is 10.2 Å². The van der Waals surface area contributed by atoms with E-state index in [1.807, 2.05) is 48.5 Å². The van der Waals surface area contributed by atoms with Crippen LogP contribution in [0.15, 0.2) is 76.9 Å². The third-order valence-electron chi connectivity index (χ3n) is 5.35. The molecule has 0 amide bonds. The normalized spacial score (nSPS) is 12.0. The van der Waals surface area contributed by atoms with Gasteiger partial charge in [0, 0.05) is 22.8 Å². The quantitative estimate of drug-likeness (QED) is 0.184. The average molecular weight is 442 g/mol. The zero-order valence-corrected chi connectivity index (χ0v) is 18.5. The monoisotopic (exact) mass is 442 g/mol. The number of nitrogens with zero attached hydrogens (tertiary/aromatic N) is 2. The zero-order chi connectivity index (χ0) is 23.4. The van der Waals surface area contributed by atoms with Crippen molar-refractivity contribution in [3.63, 3.8) is 0 Å². The molecule has 0 N–H and O–H groups in total. The van der Waals surface area contributed by atoms with Crippen molar-refractivity contribution < 1.29 is 23.8 Å². The summed E-state index contributed by atoms with van der Waals surface area (Å²) < 4.78 is 15.3. The number of hydrogen-bond acceptors (Lipinski definition) is 7. The summed E-state index contributed by atoms with van der Waals surface area (Å²) in [6.45, 7) is 0. The van der Waals surface area contributed by atoms with Gasteiger partial charge in [0.15, 0.2) is 11.5 Å². The largest absolute Gasteiger partial charge is 0.497 e. The number of Topliss-reactive ketones (excluding diaryl/α,β-unsaturated/α-hetero) is 1. The lowest BCUT2D eigenvalue weighted by Gasteiger charge is -2.08. The SMILES string of the molecule is COC(=O)C(CC(=O)c1cc(OC)cc(OC)c1)=NN=C1c2ccccc2-c2ccccc21. The first-order chi connectivity index (χ1) is 16.0. The molecule has 7 heteroatoms. The molecule has 0 bridgehead atoms. The van der Waals surface area contributed by atoms with E-state index in [1.54, 1.807) is 18.2 Å². The van der Waals surface area contributed by atoms with E-state index in [1.165, 1.54) is 21.3 Å². The molecule has 0 saturated heterocycles. The first-order valence-electron chi connectivity index (χ1n) is 10.2. The molecule has 0 heterocycles.